The summed E-state index contributed by atoms with van der Waals surface area (Å²) in [6.45, 7) is 6.28. The Balaban J connectivity index is 0.000000461. The Hall–Kier alpha value is -2.81. The van der Waals surface area contributed by atoms with Gasteiger partial charge in [0.15, 0.2) is 11.5 Å². The third kappa shape index (κ3) is 5.41. The number of aromatic nitrogens is 5. The molecule has 0 aliphatic carbocycles. The molecule has 0 radical (unpaired) electrons. The molecule has 3 aromatic heterocycles. The largest absolute Gasteiger partial charge is 0.495 e. The van der Waals surface area contributed by atoms with Crippen LogP contribution in [0.15, 0.2) is 24.7 Å². The molecule has 2 N–H and O–H groups in total. The number of anilines is 1. The number of halogens is 1. The minimum atomic E-state index is -0.522. The SMILES string of the molecule is CCCCC.COc1cnn2c(-c3nc(NC4CCCNC4)ncc3F)cnc2c1. The van der Waals surface area contributed by atoms with E-state index in [2.05, 4.69) is 44.5 Å². The van der Waals surface area contributed by atoms with E-state index in [1.807, 2.05) is 0 Å². The van der Waals surface area contributed by atoms with Gasteiger partial charge in [0.05, 0.1) is 25.7 Å². The topological polar surface area (TPSA) is 89.3 Å². The predicted molar refractivity (Wildman–Crippen MR) is 115 cm³/mol. The van der Waals surface area contributed by atoms with Crippen molar-refractivity contribution in [2.45, 2.75) is 52.0 Å². The van der Waals surface area contributed by atoms with Gasteiger partial charge in [-0.2, -0.15) is 5.10 Å². The summed E-state index contributed by atoms with van der Waals surface area (Å²) in [5.41, 5.74) is 1.17. The molecular formula is C21H30FN7O. The number of ether oxygens (including phenoxy) is 1. The Labute approximate surface area is 176 Å². The molecule has 0 aromatic carbocycles. The second kappa shape index (κ2) is 10.8. The van der Waals surface area contributed by atoms with Crippen LogP contribution in [-0.4, -0.2) is 50.8 Å². The maximum absolute atomic E-state index is 14.3. The van der Waals surface area contributed by atoms with E-state index in [0.29, 0.717) is 23.0 Å². The zero-order valence-electron chi connectivity index (χ0n) is 17.9. The number of imidazole rings is 1. The third-order valence-corrected chi connectivity index (χ3v) is 4.90. The summed E-state index contributed by atoms with van der Waals surface area (Å²) < 4.78 is 21.0. The molecule has 8 nitrogen and oxygen atoms in total. The van der Waals surface area contributed by atoms with Gasteiger partial charge in [-0.05, 0) is 19.4 Å². The number of unbranched alkanes of at least 4 members (excludes halogenated alkanes) is 2. The zero-order valence-corrected chi connectivity index (χ0v) is 17.9. The highest BCUT2D eigenvalue weighted by atomic mass is 19.1. The number of nitrogens with zero attached hydrogens (tertiary/aromatic N) is 5. The van der Waals surface area contributed by atoms with Crippen LogP contribution < -0.4 is 15.4 Å². The van der Waals surface area contributed by atoms with Crippen molar-refractivity contribution in [3.63, 3.8) is 0 Å². The van der Waals surface area contributed by atoms with Crippen molar-refractivity contribution >= 4 is 11.6 Å². The Morgan fingerprint density at radius 1 is 1.23 bits per heavy atom. The predicted octanol–water partition coefficient (Wildman–Crippen LogP) is 3.69. The molecule has 4 heterocycles. The summed E-state index contributed by atoms with van der Waals surface area (Å²) in [6, 6.07) is 1.96. The molecule has 1 unspecified atom stereocenters. The first kappa shape index (κ1) is 21.9. The molecule has 9 heteroatoms. The number of methoxy groups -OCH3 is 1. The second-order valence-corrected chi connectivity index (χ2v) is 7.24. The fourth-order valence-electron chi connectivity index (χ4n) is 3.26. The number of nitrogens with one attached hydrogen (secondary N) is 2. The lowest BCUT2D eigenvalue weighted by Crippen LogP contribution is -2.38. The van der Waals surface area contributed by atoms with Gasteiger partial charge in [-0.1, -0.05) is 33.1 Å². The van der Waals surface area contributed by atoms with Crippen LogP contribution in [0.2, 0.25) is 0 Å². The van der Waals surface area contributed by atoms with Crippen molar-refractivity contribution < 1.29 is 9.13 Å². The normalized spacial score (nSPS) is 16.1. The lowest BCUT2D eigenvalue weighted by atomic mass is 10.1. The first-order valence-electron chi connectivity index (χ1n) is 10.5. The zero-order chi connectivity index (χ0) is 21.3. The summed E-state index contributed by atoms with van der Waals surface area (Å²) in [5.74, 6) is 0.459. The Bertz CT molecular complexity index is 938. The van der Waals surface area contributed by atoms with Gasteiger partial charge < -0.3 is 15.4 Å². The van der Waals surface area contributed by atoms with Gasteiger partial charge in [0, 0.05) is 18.7 Å². The first-order valence-corrected chi connectivity index (χ1v) is 10.5. The van der Waals surface area contributed by atoms with Gasteiger partial charge >= 0.3 is 0 Å². The summed E-state index contributed by atoms with van der Waals surface area (Å²) in [4.78, 5) is 12.7. The minimum absolute atomic E-state index is 0.159. The van der Waals surface area contributed by atoms with Crippen LogP contribution in [0.1, 0.15) is 46.0 Å². The summed E-state index contributed by atoms with van der Waals surface area (Å²) >= 11 is 0. The van der Waals surface area contributed by atoms with Crippen molar-refractivity contribution in [2.24, 2.45) is 0 Å². The molecule has 0 spiro atoms. The standard InChI is InChI=1S/C16H18FN7O.C5H12/c1-25-11-5-14-19-9-13(24(14)21-7-11)15-12(17)8-20-16(23-15)22-10-3-2-4-18-6-10;1-3-5-4-2/h5,7-10,18H,2-4,6H2,1H3,(H,20,22,23);3-5H2,1-2H3. The lowest BCUT2D eigenvalue weighted by molar-refractivity contribution is 0.412. The average Bonchev–Trinajstić information content (AvgIpc) is 3.20. The quantitative estimate of drug-likeness (QED) is 0.634. The number of hydrogen-bond donors (Lipinski definition) is 2. The summed E-state index contributed by atoms with van der Waals surface area (Å²) in [7, 11) is 1.56. The van der Waals surface area contributed by atoms with E-state index < -0.39 is 5.82 Å². The first-order chi connectivity index (χ1) is 14.7. The monoisotopic (exact) mass is 415 g/mol. The van der Waals surface area contributed by atoms with E-state index in [9.17, 15) is 4.39 Å². The number of piperidine rings is 1. The third-order valence-electron chi connectivity index (χ3n) is 4.90. The average molecular weight is 416 g/mol. The van der Waals surface area contributed by atoms with Crippen LogP contribution in [0.3, 0.4) is 0 Å². The van der Waals surface area contributed by atoms with Crippen LogP contribution >= 0.6 is 0 Å². The highest BCUT2D eigenvalue weighted by Gasteiger charge is 2.18. The molecule has 162 valence electrons. The lowest BCUT2D eigenvalue weighted by Gasteiger charge is -2.23. The Kier molecular flexibility index (Phi) is 7.89. The fraction of sp³-hybridized carbons (Fsp3) is 0.524. The van der Waals surface area contributed by atoms with E-state index in [4.69, 9.17) is 4.74 Å². The van der Waals surface area contributed by atoms with Crippen LogP contribution in [-0.2, 0) is 0 Å². The van der Waals surface area contributed by atoms with E-state index >= 15 is 0 Å². The molecule has 1 aliphatic rings. The molecule has 1 aliphatic heterocycles. The molecule has 30 heavy (non-hydrogen) atoms. The summed E-state index contributed by atoms with van der Waals surface area (Å²) in [5, 5.41) is 10.8. The Morgan fingerprint density at radius 3 is 2.73 bits per heavy atom. The molecule has 1 fully saturated rings. The van der Waals surface area contributed by atoms with Crippen molar-refractivity contribution in [1.82, 2.24) is 29.9 Å². The molecular weight excluding hydrogens is 385 g/mol. The fourth-order valence-corrected chi connectivity index (χ4v) is 3.26. The van der Waals surface area contributed by atoms with E-state index in [1.165, 1.54) is 30.0 Å². The van der Waals surface area contributed by atoms with Crippen LogP contribution in [0.25, 0.3) is 17.0 Å². The van der Waals surface area contributed by atoms with Crippen molar-refractivity contribution in [1.29, 1.82) is 0 Å². The van der Waals surface area contributed by atoms with Gasteiger partial charge in [-0.15, -0.1) is 0 Å². The van der Waals surface area contributed by atoms with Crippen LogP contribution in [0, 0.1) is 5.82 Å². The number of fused-ring (bicyclic) bond motifs is 1. The van der Waals surface area contributed by atoms with Crippen molar-refractivity contribution in [3.8, 4) is 17.1 Å². The van der Waals surface area contributed by atoms with Crippen molar-refractivity contribution in [3.05, 3.63) is 30.5 Å². The van der Waals surface area contributed by atoms with Gasteiger partial charge in [-0.3, -0.25) is 0 Å². The number of hydrogen-bond acceptors (Lipinski definition) is 7. The van der Waals surface area contributed by atoms with Gasteiger partial charge in [-0.25, -0.2) is 23.9 Å². The van der Waals surface area contributed by atoms with Crippen LogP contribution in [0.5, 0.6) is 5.75 Å². The Morgan fingerprint density at radius 2 is 2.07 bits per heavy atom. The molecule has 4 rings (SSSR count). The van der Waals surface area contributed by atoms with Gasteiger partial charge in [0.25, 0.3) is 0 Å². The van der Waals surface area contributed by atoms with Gasteiger partial charge in [0.2, 0.25) is 5.95 Å². The number of rotatable bonds is 6. The van der Waals surface area contributed by atoms with Crippen LogP contribution in [0.4, 0.5) is 10.3 Å². The second-order valence-electron chi connectivity index (χ2n) is 7.24. The molecule has 0 amide bonds. The highest BCUT2D eigenvalue weighted by Crippen LogP contribution is 2.23. The molecule has 0 saturated carbocycles. The minimum Gasteiger partial charge on any atom is -0.495 e. The molecule has 1 atom stereocenters. The van der Waals surface area contributed by atoms with E-state index in [-0.39, 0.29) is 11.7 Å². The van der Waals surface area contributed by atoms with E-state index in [0.717, 1.165) is 25.9 Å². The maximum atomic E-state index is 14.3. The molecule has 0 bridgehead atoms. The highest BCUT2D eigenvalue weighted by molar-refractivity contribution is 5.61. The van der Waals surface area contributed by atoms with Crippen molar-refractivity contribution in [2.75, 3.05) is 25.5 Å². The molecule has 1 saturated heterocycles. The van der Waals surface area contributed by atoms with E-state index in [1.54, 1.807) is 25.6 Å². The van der Waals surface area contributed by atoms with Gasteiger partial charge in [0.1, 0.15) is 17.1 Å². The smallest absolute Gasteiger partial charge is 0.223 e. The molecule has 3 aromatic rings. The summed E-state index contributed by atoms with van der Waals surface area (Å²) in [6.07, 6.45) is 10.4. The maximum Gasteiger partial charge on any atom is 0.223 e.